The van der Waals surface area contributed by atoms with Crippen molar-refractivity contribution in [2.24, 2.45) is 0 Å². The van der Waals surface area contributed by atoms with Crippen LogP contribution in [0.5, 0.6) is 0 Å². The lowest BCUT2D eigenvalue weighted by atomic mass is 10.1. The molecule has 6 heteroatoms. The van der Waals surface area contributed by atoms with Crippen LogP contribution in [0.15, 0.2) is 89.8 Å². The number of nitrogens with zero attached hydrogens (tertiary/aromatic N) is 2. The summed E-state index contributed by atoms with van der Waals surface area (Å²) in [6, 6.07) is 25.7. The van der Waals surface area contributed by atoms with Crippen LogP contribution in [0.2, 0.25) is 0 Å². The van der Waals surface area contributed by atoms with Gasteiger partial charge in [0, 0.05) is 32.7 Å². The summed E-state index contributed by atoms with van der Waals surface area (Å²) in [6.45, 7) is 0.860. The van der Waals surface area contributed by atoms with Gasteiger partial charge in [0.25, 0.3) is 5.91 Å². The van der Waals surface area contributed by atoms with Crippen molar-refractivity contribution in [3.63, 3.8) is 0 Å². The third kappa shape index (κ3) is 5.10. The molecule has 0 spiro atoms. The molecule has 29 heavy (non-hydrogen) atoms. The summed E-state index contributed by atoms with van der Waals surface area (Å²) in [5.74, 6) is -0.214. The Morgan fingerprint density at radius 2 is 1.28 bits per heavy atom. The Kier molecular flexibility index (Phi) is 6.46. The molecule has 0 saturated carbocycles. The van der Waals surface area contributed by atoms with Gasteiger partial charge in [0.1, 0.15) is 0 Å². The molecular formula is C23H24N2O3S. The van der Waals surface area contributed by atoms with Crippen LogP contribution < -0.4 is 0 Å². The van der Waals surface area contributed by atoms with Crippen LogP contribution in [-0.4, -0.2) is 37.6 Å². The third-order valence-electron chi connectivity index (χ3n) is 4.58. The van der Waals surface area contributed by atoms with Gasteiger partial charge >= 0.3 is 0 Å². The molecule has 0 aliphatic carbocycles. The fourth-order valence-electron chi connectivity index (χ4n) is 2.99. The lowest BCUT2D eigenvalue weighted by Crippen LogP contribution is -2.30. The standard InChI is InChI=1S/C23H24N2O3S/c1-24(2)29(27,28)22-15-9-14-21(16-22)23(26)25(17-19-10-5-3-6-11-19)18-20-12-7-4-8-13-20/h3-16H,17-18H2,1-2H3. The number of carbonyl (C=O) groups is 1. The van der Waals surface area contributed by atoms with Gasteiger partial charge in [-0.05, 0) is 29.3 Å². The molecule has 0 saturated heterocycles. The smallest absolute Gasteiger partial charge is 0.254 e. The Morgan fingerprint density at radius 3 is 1.76 bits per heavy atom. The molecule has 0 aromatic heterocycles. The summed E-state index contributed by atoms with van der Waals surface area (Å²) in [4.78, 5) is 15.2. The Hall–Kier alpha value is -2.96. The highest BCUT2D eigenvalue weighted by atomic mass is 32.2. The van der Waals surface area contributed by atoms with E-state index in [2.05, 4.69) is 0 Å². The fraction of sp³-hybridized carbons (Fsp3) is 0.174. The molecule has 0 radical (unpaired) electrons. The molecule has 0 fully saturated rings. The van der Waals surface area contributed by atoms with E-state index in [4.69, 9.17) is 0 Å². The topological polar surface area (TPSA) is 57.7 Å². The van der Waals surface area contributed by atoms with Gasteiger partial charge in [-0.1, -0.05) is 66.7 Å². The van der Waals surface area contributed by atoms with E-state index < -0.39 is 10.0 Å². The molecule has 5 nitrogen and oxygen atoms in total. The Morgan fingerprint density at radius 1 is 0.759 bits per heavy atom. The van der Waals surface area contributed by atoms with Gasteiger partial charge in [-0.15, -0.1) is 0 Å². The molecule has 150 valence electrons. The van der Waals surface area contributed by atoms with Crippen molar-refractivity contribution < 1.29 is 13.2 Å². The van der Waals surface area contributed by atoms with Crippen molar-refractivity contribution in [3.05, 3.63) is 102 Å². The van der Waals surface area contributed by atoms with Crippen LogP contribution in [0.4, 0.5) is 0 Å². The largest absolute Gasteiger partial charge is 0.330 e. The molecule has 3 aromatic carbocycles. The van der Waals surface area contributed by atoms with Crippen LogP contribution in [0, 0.1) is 0 Å². The molecule has 3 aromatic rings. The van der Waals surface area contributed by atoms with E-state index in [9.17, 15) is 13.2 Å². The van der Waals surface area contributed by atoms with Crippen LogP contribution in [0.3, 0.4) is 0 Å². The van der Waals surface area contributed by atoms with Crippen molar-refractivity contribution in [2.75, 3.05) is 14.1 Å². The second kappa shape index (κ2) is 9.03. The highest BCUT2D eigenvalue weighted by Crippen LogP contribution is 2.19. The van der Waals surface area contributed by atoms with E-state index in [0.29, 0.717) is 18.7 Å². The SMILES string of the molecule is CN(C)S(=O)(=O)c1cccc(C(=O)N(Cc2ccccc2)Cc2ccccc2)c1. The maximum atomic E-state index is 13.3. The second-order valence-corrected chi connectivity index (χ2v) is 9.10. The minimum absolute atomic E-state index is 0.104. The van der Waals surface area contributed by atoms with E-state index in [1.54, 1.807) is 17.0 Å². The van der Waals surface area contributed by atoms with E-state index in [-0.39, 0.29) is 10.8 Å². The number of rotatable bonds is 7. The van der Waals surface area contributed by atoms with Crippen molar-refractivity contribution in [2.45, 2.75) is 18.0 Å². The predicted molar refractivity (Wildman–Crippen MR) is 114 cm³/mol. The average Bonchev–Trinajstić information content (AvgIpc) is 2.74. The average molecular weight is 409 g/mol. The quantitative estimate of drug-likeness (QED) is 0.598. The molecule has 1 amide bonds. The Labute approximate surface area is 172 Å². The molecule has 0 heterocycles. The number of amides is 1. The zero-order valence-corrected chi connectivity index (χ0v) is 17.3. The maximum Gasteiger partial charge on any atom is 0.254 e. The third-order valence-corrected chi connectivity index (χ3v) is 6.39. The molecule has 0 unspecified atom stereocenters. The first-order valence-corrected chi connectivity index (χ1v) is 10.7. The summed E-state index contributed by atoms with van der Waals surface area (Å²) in [7, 11) is -0.667. The van der Waals surface area contributed by atoms with Gasteiger partial charge < -0.3 is 4.90 Å². The zero-order chi connectivity index (χ0) is 20.9. The van der Waals surface area contributed by atoms with Crippen LogP contribution >= 0.6 is 0 Å². The highest BCUT2D eigenvalue weighted by Gasteiger charge is 2.21. The molecule has 3 rings (SSSR count). The highest BCUT2D eigenvalue weighted by molar-refractivity contribution is 7.89. The van der Waals surface area contributed by atoms with Gasteiger partial charge in [-0.25, -0.2) is 12.7 Å². The number of hydrogen-bond acceptors (Lipinski definition) is 3. The minimum Gasteiger partial charge on any atom is -0.330 e. The van der Waals surface area contributed by atoms with Gasteiger partial charge in [0.2, 0.25) is 10.0 Å². The normalized spacial score (nSPS) is 11.4. The molecule has 0 aliphatic heterocycles. The zero-order valence-electron chi connectivity index (χ0n) is 16.5. The van der Waals surface area contributed by atoms with E-state index in [1.165, 1.54) is 26.2 Å². The number of benzene rings is 3. The molecule has 0 atom stereocenters. The molecular weight excluding hydrogens is 384 g/mol. The van der Waals surface area contributed by atoms with Gasteiger partial charge in [-0.2, -0.15) is 0 Å². The van der Waals surface area contributed by atoms with Gasteiger partial charge in [-0.3, -0.25) is 4.79 Å². The van der Waals surface area contributed by atoms with Crippen molar-refractivity contribution >= 4 is 15.9 Å². The Bertz CT molecular complexity index is 1020. The van der Waals surface area contributed by atoms with E-state index in [0.717, 1.165) is 15.4 Å². The maximum absolute atomic E-state index is 13.3. The first kappa shape index (κ1) is 20.8. The predicted octanol–water partition coefficient (Wildman–Crippen LogP) is 3.78. The molecule has 0 aliphatic rings. The summed E-state index contributed by atoms with van der Waals surface area (Å²) in [6.07, 6.45) is 0. The summed E-state index contributed by atoms with van der Waals surface area (Å²) in [5.41, 5.74) is 2.36. The summed E-state index contributed by atoms with van der Waals surface area (Å²) in [5, 5.41) is 0. The van der Waals surface area contributed by atoms with E-state index in [1.807, 2.05) is 60.7 Å². The van der Waals surface area contributed by atoms with Crippen molar-refractivity contribution in [1.82, 2.24) is 9.21 Å². The van der Waals surface area contributed by atoms with Crippen molar-refractivity contribution in [3.8, 4) is 0 Å². The van der Waals surface area contributed by atoms with Gasteiger partial charge in [0.05, 0.1) is 4.90 Å². The lowest BCUT2D eigenvalue weighted by molar-refractivity contribution is 0.0729. The van der Waals surface area contributed by atoms with Crippen LogP contribution in [0.25, 0.3) is 0 Å². The Balaban J connectivity index is 1.94. The number of hydrogen-bond donors (Lipinski definition) is 0. The summed E-state index contributed by atoms with van der Waals surface area (Å²) < 4.78 is 26.1. The number of sulfonamides is 1. The lowest BCUT2D eigenvalue weighted by Gasteiger charge is -2.23. The summed E-state index contributed by atoms with van der Waals surface area (Å²) >= 11 is 0. The molecule has 0 bridgehead atoms. The van der Waals surface area contributed by atoms with Crippen LogP contribution in [0.1, 0.15) is 21.5 Å². The monoisotopic (exact) mass is 408 g/mol. The first-order valence-electron chi connectivity index (χ1n) is 9.27. The van der Waals surface area contributed by atoms with Crippen LogP contribution in [-0.2, 0) is 23.1 Å². The first-order chi connectivity index (χ1) is 13.9. The minimum atomic E-state index is -3.61. The number of carbonyl (C=O) groups excluding carboxylic acids is 1. The fourth-order valence-corrected chi connectivity index (χ4v) is 3.94. The van der Waals surface area contributed by atoms with Crippen molar-refractivity contribution in [1.29, 1.82) is 0 Å². The second-order valence-electron chi connectivity index (χ2n) is 6.95. The van der Waals surface area contributed by atoms with E-state index >= 15 is 0 Å². The molecule has 0 N–H and O–H groups in total. The van der Waals surface area contributed by atoms with Gasteiger partial charge in [0.15, 0.2) is 0 Å².